The van der Waals surface area contributed by atoms with Gasteiger partial charge in [0, 0.05) is 11.1 Å². The van der Waals surface area contributed by atoms with Gasteiger partial charge in [-0.2, -0.15) is 4.98 Å². The van der Waals surface area contributed by atoms with Gasteiger partial charge in [0.05, 0.1) is 12.5 Å². The highest BCUT2D eigenvalue weighted by Crippen LogP contribution is 2.30. The second-order valence-corrected chi connectivity index (χ2v) is 8.66. The van der Waals surface area contributed by atoms with Crippen LogP contribution in [0, 0.1) is 26.2 Å². The Bertz CT molecular complexity index is 1290. The molecule has 0 fully saturated rings. The van der Waals surface area contributed by atoms with E-state index in [0.717, 1.165) is 23.2 Å². The van der Waals surface area contributed by atoms with Crippen LogP contribution in [-0.2, 0) is 13.0 Å². The van der Waals surface area contributed by atoms with Crippen LogP contribution in [-0.4, -0.2) is 10.1 Å². The first kappa shape index (κ1) is 21.2. The lowest BCUT2D eigenvalue weighted by atomic mass is 9.90. The van der Waals surface area contributed by atoms with Crippen molar-refractivity contribution < 1.29 is 13.8 Å². The molecule has 0 aliphatic carbocycles. The zero-order valence-corrected chi connectivity index (χ0v) is 18.8. The van der Waals surface area contributed by atoms with Crippen molar-refractivity contribution >= 4 is 0 Å². The maximum absolute atomic E-state index is 14.1. The summed E-state index contributed by atoms with van der Waals surface area (Å²) in [4.78, 5) is 6.05. The third kappa shape index (κ3) is 4.73. The molecule has 5 rings (SSSR count). The van der Waals surface area contributed by atoms with E-state index in [9.17, 15) is 4.39 Å². The molecule has 2 unspecified atom stereocenters. The lowest BCUT2D eigenvalue weighted by molar-refractivity contribution is -0.840. The lowest BCUT2D eigenvalue weighted by Crippen LogP contribution is -3.06. The van der Waals surface area contributed by atoms with E-state index in [2.05, 4.69) is 68.2 Å². The largest absolute Gasteiger partial charge is 0.421 e. The molecular weight excluding hydrogens is 413 g/mol. The van der Waals surface area contributed by atoms with Crippen molar-refractivity contribution in [2.24, 2.45) is 0 Å². The molecule has 166 valence electrons. The zero-order chi connectivity index (χ0) is 22.8. The van der Waals surface area contributed by atoms with Crippen molar-refractivity contribution in [2.75, 3.05) is 0 Å². The van der Waals surface area contributed by atoms with Gasteiger partial charge in [-0.25, -0.2) is 4.39 Å². The summed E-state index contributed by atoms with van der Waals surface area (Å²) >= 11 is 0. The van der Waals surface area contributed by atoms with Gasteiger partial charge < -0.3 is 9.42 Å². The number of aromatic nitrogens is 2. The first-order valence-electron chi connectivity index (χ1n) is 11.2. The Morgan fingerprint density at radius 2 is 1.76 bits per heavy atom. The van der Waals surface area contributed by atoms with Gasteiger partial charge in [-0.05, 0) is 54.7 Å². The predicted octanol–water partition coefficient (Wildman–Crippen LogP) is 4.94. The molecule has 5 heteroatoms. The van der Waals surface area contributed by atoms with E-state index in [1.807, 2.05) is 18.2 Å². The van der Waals surface area contributed by atoms with Crippen LogP contribution in [0.15, 0.2) is 83.5 Å². The van der Waals surface area contributed by atoms with Crippen LogP contribution in [0.2, 0.25) is 0 Å². The fourth-order valence-electron chi connectivity index (χ4n) is 4.09. The Hall–Kier alpha value is -3.70. The number of quaternary nitrogens is 1. The van der Waals surface area contributed by atoms with Gasteiger partial charge in [-0.3, -0.25) is 0 Å². The molecule has 0 radical (unpaired) electrons. The Kier molecular flexibility index (Phi) is 5.80. The van der Waals surface area contributed by atoms with E-state index in [1.54, 1.807) is 12.1 Å². The standard InChI is InChI=1S/C28H26FN3O/c1-19-7-8-22(15-20(19)2)16-26(24-5-3-6-25(29)17-24)28-30-27(31-33-28)23-11-9-21(10-12-23)18-32-13-4-14-32/h3-15,17,26,32H,16,18H2,1-2H3. The zero-order valence-electron chi connectivity index (χ0n) is 18.8. The normalized spacial score (nSPS) is 15.7. The number of nitrogens with one attached hydrogen (secondary N) is 1. The molecule has 2 heterocycles. The van der Waals surface area contributed by atoms with Gasteiger partial charge in [-0.15, -0.1) is 6.08 Å². The van der Waals surface area contributed by atoms with Crippen LogP contribution in [0.25, 0.3) is 11.4 Å². The first-order valence-corrected chi connectivity index (χ1v) is 11.2. The summed E-state index contributed by atoms with van der Waals surface area (Å²) in [5, 5.41) is 4.24. The Morgan fingerprint density at radius 1 is 0.970 bits per heavy atom. The molecule has 0 bridgehead atoms. The van der Waals surface area contributed by atoms with Crippen LogP contribution in [0.4, 0.5) is 4.39 Å². The van der Waals surface area contributed by atoms with Gasteiger partial charge in [0.15, 0.2) is 0 Å². The summed E-state index contributed by atoms with van der Waals surface area (Å²) < 4.78 is 19.8. The van der Waals surface area contributed by atoms with Crippen molar-refractivity contribution in [3.05, 3.63) is 125 Å². The molecule has 0 amide bonds. The predicted molar refractivity (Wildman–Crippen MR) is 126 cm³/mol. The van der Waals surface area contributed by atoms with Gasteiger partial charge in [0.1, 0.15) is 5.82 Å². The minimum Gasteiger partial charge on any atom is -0.421 e. The molecule has 1 aromatic heterocycles. The summed E-state index contributed by atoms with van der Waals surface area (Å²) in [6, 6.07) is 21.3. The first-order chi connectivity index (χ1) is 16.0. The average Bonchev–Trinajstić information content (AvgIpc) is 3.27. The fraction of sp³-hybridized carbons (Fsp3) is 0.179. The van der Waals surface area contributed by atoms with Crippen LogP contribution in [0.5, 0.6) is 0 Å². The third-order valence-electron chi connectivity index (χ3n) is 6.24. The number of halogens is 1. The quantitative estimate of drug-likeness (QED) is 0.415. The van der Waals surface area contributed by atoms with Crippen LogP contribution >= 0.6 is 0 Å². The number of benzene rings is 3. The highest BCUT2D eigenvalue weighted by molar-refractivity contribution is 5.55. The van der Waals surface area contributed by atoms with Crippen molar-refractivity contribution in [1.29, 1.82) is 0 Å². The van der Waals surface area contributed by atoms with Gasteiger partial charge in [0.25, 0.3) is 0 Å². The molecular formula is C28H26FN3O. The van der Waals surface area contributed by atoms with E-state index < -0.39 is 0 Å². The SMILES string of the molecule is Cc1ccc(CC(c2cccc(F)c2)c2nc(-c3ccc(C[NH+]4C=C[CH-]4)cc3)no2)cc1C. The second-order valence-electron chi connectivity index (χ2n) is 8.66. The van der Waals surface area contributed by atoms with Crippen molar-refractivity contribution in [1.82, 2.24) is 10.1 Å². The minimum atomic E-state index is -0.274. The molecule has 1 aliphatic rings. The van der Waals surface area contributed by atoms with Crippen LogP contribution in [0.3, 0.4) is 0 Å². The van der Waals surface area contributed by atoms with E-state index >= 15 is 0 Å². The maximum atomic E-state index is 14.1. The number of nitrogens with zero attached hydrogens (tertiary/aromatic N) is 2. The van der Waals surface area contributed by atoms with Gasteiger partial charge in [0.2, 0.25) is 11.7 Å². The molecule has 1 aliphatic heterocycles. The smallest absolute Gasteiger partial charge is 0.234 e. The van der Waals surface area contributed by atoms with E-state index in [-0.39, 0.29) is 11.7 Å². The van der Waals surface area contributed by atoms with Crippen molar-refractivity contribution in [3.63, 3.8) is 0 Å². The summed E-state index contributed by atoms with van der Waals surface area (Å²) in [6.07, 6.45) is 4.83. The molecule has 0 saturated heterocycles. The molecule has 33 heavy (non-hydrogen) atoms. The minimum absolute atomic E-state index is 0.235. The van der Waals surface area contributed by atoms with E-state index in [0.29, 0.717) is 18.1 Å². The van der Waals surface area contributed by atoms with Gasteiger partial charge >= 0.3 is 0 Å². The number of rotatable bonds is 7. The summed E-state index contributed by atoms with van der Waals surface area (Å²) in [7, 11) is 0. The molecule has 3 aromatic carbocycles. The van der Waals surface area contributed by atoms with Crippen LogP contribution in [0.1, 0.15) is 39.6 Å². The molecule has 0 saturated carbocycles. The third-order valence-corrected chi connectivity index (χ3v) is 6.24. The Labute approximate surface area is 193 Å². The molecule has 0 spiro atoms. The Balaban J connectivity index is 1.43. The molecule has 1 N–H and O–H groups in total. The van der Waals surface area contributed by atoms with E-state index in [1.165, 1.54) is 27.7 Å². The molecule has 4 aromatic rings. The summed E-state index contributed by atoms with van der Waals surface area (Å²) in [6.45, 7) is 7.24. The van der Waals surface area contributed by atoms with Crippen molar-refractivity contribution in [3.8, 4) is 11.4 Å². The monoisotopic (exact) mass is 439 g/mol. The summed E-state index contributed by atoms with van der Waals surface area (Å²) in [5.74, 6) is 0.522. The maximum Gasteiger partial charge on any atom is 0.234 e. The molecule has 4 nitrogen and oxygen atoms in total. The second kappa shape index (κ2) is 9.04. The van der Waals surface area contributed by atoms with Crippen LogP contribution < -0.4 is 4.90 Å². The fourth-order valence-corrected chi connectivity index (χ4v) is 4.09. The van der Waals surface area contributed by atoms with E-state index in [4.69, 9.17) is 9.51 Å². The van der Waals surface area contributed by atoms with Crippen molar-refractivity contribution in [2.45, 2.75) is 32.7 Å². The van der Waals surface area contributed by atoms with Gasteiger partial charge in [-0.1, -0.05) is 72.5 Å². The lowest BCUT2D eigenvalue weighted by Gasteiger charge is -2.29. The molecule has 2 atom stereocenters. The number of hydrogen-bond acceptors (Lipinski definition) is 3. The summed E-state index contributed by atoms with van der Waals surface area (Å²) in [5.41, 5.74) is 6.58. The highest BCUT2D eigenvalue weighted by Gasteiger charge is 2.23. The number of hydrogen-bond donors (Lipinski definition) is 1. The number of aryl methyl sites for hydroxylation is 2. The highest BCUT2D eigenvalue weighted by atomic mass is 19.1. The average molecular weight is 440 g/mol. The Morgan fingerprint density at radius 3 is 2.45 bits per heavy atom. The topological polar surface area (TPSA) is 43.4 Å².